The number of rotatable bonds is 5. The maximum absolute atomic E-state index is 11.7. The highest BCUT2D eigenvalue weighted by Crippen LogP contribution is 2.38. The highest BCUT2D eigenvalue weighted by Gasteiger charge is 2.48. The van der Waals surface area contributed by atoms with Crippen LogP contribution >= 0.6 is 0 Å². The van der Waals surface area contributed by atoms with Crippen molar-refractivity contribution >= 4 is 11.9 Å². The van der Waals surface area contributed by atoms with Gasteiger partial charge in [0.1, 0.15) is 0 Å². The lowest BCUT2D eigenvalue weighted by Gasteiger charge is -2.30. The van der Waals surface area contributed by atoms with Crippen molar-refractivity contribution in [2.24, 2.45) is 23.7 Å². The lowest BCUT2D eigenvalue weighted by Crippen LogP contribution is -2.36. The summed E-state index contributed by atoms with van der Waals surface area (Å²) in [6.07, 6.45) is 4.84. The zero-order valence-electron chi connectivity index (χ0n) is 10.5. The molecule has 4 atom stereocenters. The number of carboxylic acid groups (broad SMARTS) is 1. The number of nitrogens with one attached hydrogen (secondary N) is 1. The molecule has 2 aliphatic carbocycles. The number of aliphatic hydroxyl groups is 1. The summed E-state index contributed by atoms with van der Waals surface area (Å²) in [5.41, 5.74) is 0. The molecule has 5 heteroatoms. The third kappa shape index (κ3) is 3.02. The molecule has 0 aromatic heterocycles. The lowest BCUT2D eigenvalue weighted by molar-refractivity contribution is -0.140. The van der Waals surface area contributed by atoms with Crippen LogP contribution in [0.15, 0.2) is 0 Å². The molecule has 0 aromatic rings. The number of carbonyl (C=O) groups is 2. The Morgan fingerprint density at radius 2 is 1.78 bits per heavy atom. The smallest absolute Gasteiger partial charge is 0.307 e. The first-order chi connectivity index (χ1) is 8.63. The van der Waals surface area contributed by atoms with Gasteiger partial charge in [-0.05, 0) is 31.1 Å². The fourth-order valence-corrected chi connectivity index (χ4v) is 2.91. The molecule has 102 valence electrons. The van der Waals surface area contributed by atoms with E-state index in [9.17, 15) is 14.7 Å². The van der Waals surface area contributed by atoms with Gasteiger partial charge in [0.2, 0.25) is 5.91 Å². The Balaban J connectivity index is 1.74. The van der Waals surface area contributed by atoms with Gasteiger partial charge in [-0.25, -0.2) is 0 Å². The van der Waals surface area contributed by atoms with Gasteiger partial charge in [-0.1, -0.05) is 12.8 Å². The summed E-state index contributed by atoms with van der Waals surface area (Å²) < 4.78 is 0. The van der Waals surface area contributed by atoms with E-state index in [4.69, 9.17) is 5.11 Å². The predicted molar refractivity (Wildman–Crippen MR) is 64.8 cm³/mol. The van der Waals surface area contributed by atoms with Crippen LogP contribution < -0.4 is 5.32 Å². The number of carbonyl (C=O) groups excluding carboxylic acids is 1. The van der Waals surface area contributed by atoms with Crippen LogP contribution in [-0.2, 0) is 9.59 Å². The van der Waals surface area contributed by atoms with Gasteiger partial charge in [-0.2, -0.15) is 0 Å². The summed E-state index contributed by atoms with van der Waals surface area (Å²) in [7, 11) is 0. The van der Waals surface area contributed by atoms with Crippen molar-refractivity contribution in [2.45, 2.75) is 32.1 Å². The van der Waals surface area contributed by atoms with Crippen molar-refractivity contribution in [3.05, 3.63) is 0 Å². The molecule has 5 nitrogen and oxygen atoms in total. The van der Waals surface area contributed by atoms with E-state index in [0.29, 0.717) is 18.9 Å². The minimum Gasteiger partial charge on any atom is -0.481 e. The van der Waals surface area contributed by atoms with Crippen LogP contribution in [0.1, 0.15) is 32.1 Å². The zero-order valence-corrected chi connectivity index (χ0v) is 10.5. The molecular formula is C13H21NO4. The van der Waals surface area contributed by atoms with Crippen molar-refractivity contribution in [3.63, 3.8) is 0 Å². The second-order valence-corrected chi connectivity index (χ2v) is 5.52. The normalized spacial score (nSPS) is 34.9. The molecule has 0 heterocycles. The van der Waals surface area contributed by atoms with E-state index in [0.717, 1.165) is 25.7 Å². The zero-order chi connectivity index (χ0) is 13.1. The van der Waals surface area contributed by atoms with Crippen LogP contribution in [0.3, 0.4) is 0 Å². The molecule has 0 radical (unpaired) electrons. The maximum atomic E-state index is 11.7. The number of aliphatic carboxylic acids is 1. The van der Waals surface area contributed by atoms with Crippen molar-refractivity contribution in [1.29, 1.82) is 0 Å². The summed E-state index contributed by atoms with van der Waals surface area (Å²) in [5, 5.41) is 20.9. The average molecular weight is 255 g/mol. The van der Waals surface area contributed by atoms with E-state index >= 15 is 0 Å². The number of carboxylic acids is 1. The molecule has 0 spiro atoms. The Labute approximate surface area is 107 Å². The van der Waals surface area contributed by atoms with Gasteiger partial charge in [0.25, 0.3) is 0 Å². The van der Waals surface area contributed by atoms with Gasteiger partial charge < -0.3 is 15.5 Å². The van der Waals surface area contributed by atoms with Crippen LogP contribution in [0.4, 0.5) is 0 Å². The Morgan fingerprint density at radius 3 is 2.33 bits per heavy atom. The van der Waals surface area contributed by atoms with Gasteiger partial charge in [0.15, 0.2) is 0 Å². The van der Waals surface area contributed by atoms with Crippen LogP contribution in [0, 0.1) is 23.7 Å². The van der Waals surface area contributed by atoms with Gasteiger partial charge >= 0.3 is 5.97 Å². The van der Waals surface area contributed by atoms with E-state index in [1.54, 1.807) is 0 Å². The molecule has 0 aromatic carbocycles. The first-order valence-electron chi connectivity index (χ1n) is 6.75. The highest BCUT2D eigenvalue weighted by molar-refractivity contribution is 5.89. The molecule has 0 aliphatic heterocycles. The Kier molecular flexibility index (Phi) is 4.22. The summed E-state index contributed by atoms with van der Waals surface area (Å²) in [4.78, 5) is 22.4. The third-order valence-electron chi connectivity index (χ3n) is 4.28. The van der Waals surface area contributed by atoms with Crippen molar-refractivity contribution in [2.75, 3.05) is 13.2 Å². The number of hydrogen-bond donors (Lipinski definition) is 3. The fraction of sp³-hybridized carbons (Fsp3) is 0.846. The number of amides is 1. The molecule has 2 saturated carbocycles. The quantitative estimate of drug-likeness (QED) is 0.672. The van der Waals surface area contributed by atoms with E-state index in [1.165, 1.54) is 0 Å². The summed E-state index contributed by atoms with van der Waals surface area (Å²) >= 11 is 0. The largest absolute Gasteiger partial charge is 0.481 e. The van der Waals surface area contributed by atoms with E-state index in [-0.39, 0.29) is 24.3 Å². The minimum absolute atomic E-state index is 0.135. The van der Waals surface area contributed by atoms with Crippen LogP contribution in [-0.4, -0.2) is 35.2 Å². The molecule has 2 unspecified atom stereocenters. The van der Waals surface area contributed by atoms with Crippen molar-refractivity contribution in [3.8, 4) is 0 Å². The second kappa shape index (κ2) is 5.69. The van der Waals surface area contributed by atoms with Gasteiger partial charge in [-0.3, -0.25) is 9.59 Å². The molecule has 18 heavy (non-hydrogen) atoms. The molecule has 2 fully saturated rings. The highest BCUT2D eigenvalue weighted by atomic mass is 16.4. The Hall–Kier alpha value is -1.10. The summed E-state index contributed by atoms with van der Waals surface area (Å²) in [5.74, 6) is -1.20. The standard InChI is InChI=1S/C13H21NO4/c15-7-9-4-2-1-3-8(9)6-14-12(16)10-5-11(10)13(17)18/h8-11,15H,1-7H2,(H,14,16)(H,17,18)/t8?,9?,10-,11+/m1/s1. The predicted octanol–water partition coefficient (Wildman–Crippen LogP) is 0.622. The molecule has 0 saturated heterocycles. The van der Waals surface area contributed by atoms with Crippen LogP contribution in [0.25, 0.3) is 0 Å². The van der Waals surface area contributed by atoms with Crippen molar-refractivity contribution in [1.82, 2.24) is 5.32 Å². The molecule has 1 amide bonds. The SMILES string of the molecule is O=C(O)[C@H]1C[C@H]1C(=O)NCC1CCCCC1CO. The van der Waals surface area contributed by atoms with Gasteiger partial charge in [0, 0.05) is 13.2 Å². The average Bonchev–Trinajstić information content (AvgIpc) is 3.16. The second-order valence-electron chi connectivity index (χ2n) is 5.52. The molecule has 2 aliphatic rings. The number of hydrogen-bond acceptors (Lipinski definition) is 3. The minimum atomic E-state index is -0.874. The van der Waals surface area contributed by atoms with Crippen LogP contribution in [0.5, 0.6) is 0 Å². The first kappa shape index (κ1) is 13.3. The third-order valence-corrected chi connectivity index (χ3v) is 4.28. The topological polar surface area (TPSA) is 86.6 Å². The Bertz CT molecular complexity index is 331. The molecule has 0 bridgehead atoms. The Morgan fingerprint density at radius 1 is 1.11 bits per heavy atom. The molecular weight excluding hydrogens is 234 g/mol. The maximum Gasteiger partial charge on any atom is 0.307 e. The van der Waals surface area contributed by atoms with Gasteiger partial charge in [0.05, 0.1) is 11.8 Å². The van der Waals surface area contributed by atoms with E-state index in [1.807, 2.05) is 0 Å². The monoisotopic (exact) mass is 255 g/mol. The molecule has 3 N–H and O–H groups in total. The number of aliphatic hydroxyl groups excluding tert-OH is 1. The summed E-state index contributed by atoms with van der Waals surface area (Å²) in [6, 6.07) is 0. The lowest BCUT2D eigenvalue weighted by atomic mass is 9.79. The van der Waals surface area contributed by atoms with Gasteiger partial charge in [-0.15, -0.1) is 0 Å². The van der Waals surface area contributed by atoms with Crippen molar-refractivity contribution < 1.29 is 19.8 Å². The van der Waals surface area contributed by atoms with Crippen LogP contribution in [0.2, 0.25) is 0 Å². The van der Waals surface area contributed by atoms with E-state index in [2.05, 4.69) is 5.32 Å². The molecule has 2 rings (SSSR count). The summed E-state index contributed by atoms with van der Waals surface area (Å²) in [6.45, 7) is 0.759. The first-order valence-corrected chi connectivity index (χ1v) is 6.75. The van der Waals surface area contributed by atoms with E-state index < -0.39 is 11.9 Å². The fourth-order valence-electron chi connectivity index (χ4n) is 2.91.